The fourth-order valence-electron chi connectivity index (χ4n) is 2.09. The van der Waals surface area contributed by atoms with Crippen molar-refractivity contribution in [3.8, 4) is 17.2 Å². The maximum Gasteiger partial charge on any atom is 0.338 e. The molecule has 0 unspecified atom stereocenters. The maximum absolute atomic E-state index is 11.0. The smallest absolute Gasteiger partial charge is 0.338 e. The van der Waals surface area contributed by atoms with E-state index in [9.17, 15) is 10.1 Å². The standard InChI is InChI=1S/C15H16N2O6/c1-9-14(17(18)19)11(16-23-9)6-5-10-7-12(20-2)15(22-4)13(8-10)21-3/h5-8H,1-4H3. The highest BCUT2D eigenvalue weighted by atomic mass is 16.6. The van der Waals surface area contributed by atoms with E-state index in [-0.39, 0.29) is 17.1 Å². The molecule has 1 aromatic heterocycles. The van der Waals surface area contributed by atoms with Gasteiger partial charge < -0.3 is 18.7 Å². The summed E-state index contributed by atoms with van der Waals surface area (Å²) < 4.78 is 20.6. The summed E-state index contributed by atoms with van der Waals surface area (Å²) in [5.74, 6) is 1.59. The van der Waals surface area contributed by atoms with Gasteiger partial charge in [-0.1, -0.05) is 11.2 Å². The summed E-state index contributed by atoms with van der Waals surface area (Å²) in [6.45, 7) is 1.49. The second-order valence-electron chi connectivity index (χ2n) is 4.52. The fourth-order valence-corrected chi connectivity index (χ4v) is 2.09. The van der Waals surface area contributed by atoms with Crippen molar-refractivity contribution in [1.29, 1.82) is 0 Å². The number of aromatic nitrogens is 1. The van der Waals surface area contributed by atoms with Gasteiger partial charge in [0.05, 0.1) is 26.3 Å². The van der Waals surface area contributed by atoms with Crippen LogP contribution in [-0.4, -0.2) is 31.4 Å². The second kappa shape index (κ2) is 6.82. The highest BCUT2D eigenvalue weighted by Gasteiger charge is 2.22. The summed E-state index contributed by atoms with van der Waals surface area (Å²) in [4.78, 5) is 10.5. The normalized spacial score (nSPS) is 10.8. The average Bonchev–Trinajstić information content (AvgIpc) is 2.92. The Hall–Kier alpha value is -3.03. The third kappa shape index (κ3) is 3.25. The molecule has 122 valence electrons. The lowest BCUT2D eigenvalue weighted by atomic mass is 10.1. The van der Waals surface area contributed by atoms with Crippen LogP contribution in [0.2, 0.25) is 0 Å². The Kier molecular flexibility index (Phi) is 4.85. The van der Waals surface area contributed by atoms with Crippen LogP contribution >= 0.6 is 0 Å². The van der Waals surface area contributed by atoms with Crippen molar-refractivity contribution in [1.82, 2.24) is 5.16 Å². The van der Waals surface area contributed by atoms with Gasteiger partial charge in [-0.3, -0.25) is 10.1 Å². The summed E-state index contributed by atoms with van der Waals surface area (Å²) in [5, 5.41) is 14.7. The Morgan fingerprint density at radius 2 is 1.74 bits per heavy atom. The summed E-state index contributed by atoms with van der Waals surface area (Å²) in [6.07, 6.45) is 3.14. The van der Waals surface area contributed by atoms with E-state index in [1.807, 2.05) is 0 Å². The molecular formula is C15H16N2O6. The van der Waals surface area contributed by atoms with Crippen molar-refractivity contribution < 1.29 is 23.7 Å². The van der Waals surface area contributed by atoms with Crippen molar-refractivity contribution in [2.24, 2.45) is 0 Å². The Morgan fingerprint density at radius 1 is 1.13 bits per heavy atom. The lowest BCUT2D eigenvalue weighted by molar-refractivity contribution is -0.386. The number of ether oxygens (including phenoxy) is 3. The molecule has 23 heavy (non-hydrogen) atoms. The predicted octanol–water partition coefficient (Wildman–Crippen LogP) is 3.09. The van der Waals surface area contributed by atoms with Crippen LogP contribution in [0.1, 0.15) is 17.0 Å². The molecule has 0 N–H and O–H groups in total. The van der Waals surface area contributed by atoms with Gasteiger partial charge in [0, 0.05) is 6.92 Å². The molecule has 0 radical (unpaired) electrons. The molecule has 8 nitrogen and oxygen atoms in total. The first-order valence-electron chi connectivity index (χ1n) is 6.60. The molecule has 0 saturated heterocycles. The molecule has 0 spiro atoms. The number of rotatable bonds is 6. The van der Waals surface area contributed by atoms with Gasteiger partial charge in [0.1, 0.15) is 0 Å². The summed E-state index contributed by atoms with van der Waals surface area (Å²) in [6, 6.07) is 3.44. The molecule has 0 aliphatic rings. The van der Waals surface area contributed by atoms with Crippen molar-refractivity contribution in [3.63, 3.8) is 0 Å². The summed E-state index contributed by atoms with van der Waals surface area (Å²) >= 11 is 0. The minimum Gasteiger partial charge on any atom is -0.493 e. The van der Waals surface area contributed by atoms with E-state index in [4.69, 9.17) is 18.7 Å². The quantitative estimate of drug-likeness (QED) is 0.596. The van der Waals surface area contributed by atoms with E-state index in [0.717, 1.165) is 0 Å². The minimum atomic E-state index is -0.527. The Bertz CT molecular complexity index is 725. The molecule has 0 saturated carbocycles. The van der Waals surface area contributed by atoms with Crippen LogP contribution in [-0.2, 0) is 0 Å². The van der Waals surface area contributed by atoms with Crippen LogP contribution in [0, 0.1) is 17.0 Å². The van der Waals surface area contributed by atoms with Crippen molar-refractivity contribution in [3.05, 3.63) is 39.3 Å². The topological polar surface area (TPSA) is 96.9 Å². The number of benzene rings is 1. The van der Waals surface area contributed by atoms with Crippen molar-refractivity contribution in [2.45, 2.75) is 6.92 Å². The van der Waals surface area contributed by atoms with Gasteiger partial charge in [0.15, 0.2) is 17.2 Å². The predicted molar refractivity (Wildman–Crippen MR) is 82.9 cm³/mol. The third-order valence-corrected chi connectivity index (χ3v) is 3.16. The van der Waals surface area contributed by atoms with E-state index in [0.29, 0.717) is 22.8 Å². The Morgan fingerprint density at radius 3 is 2.22 bits per heavy atom. The summed E-state index contributed by atoms with van der Waals surface area (Å²) in [5.41, 5.74) is 0.685. The molecule has 0 bridgehead atoms. The van der Waals surface area contributed by atoms with E-state index in [2.05, 4.69) is 5.16 Å². The highest BCUT2D eigenvalue weighted by Crippen LogP contribution is 2.38. The zero-order valence-corrected chi connectivity index (χ0v) is 13.2. The number of nitro groups is 1. The molecule has 0 atom stereocenters. The lowest BCUT2D eigenvalue weighted by Crippen LogP contribution is -1.95. The molecule has 0 amide bonds. The van der Waals surface area contributed by atoms with Gasteiger partial charge in [0.25, 0.3) is 0 Å². The molecular weight excluding hydrogens is 304 g/mol. The fraction of sp³-hybridized carbons (Fsp3) is 0.267. The Balaban J connectivity index is 2.42. The number of hydrogen-bond acceptors (Lipinski definition) is 7. The molecule has 0 fully saturated rings. The van der Waals surface area contributed by atoms with Gasteiger partial charge in [-0.2, -0.15) is 0 Å². The van der Waals surface area contributed by atoms with Gasteiger partial charge >= 0.3 is 5.69 Å². The molecule has 0 aliphatic carbocycles. The lowest BCUT2D eigenvalue weighted by Gasteiger charge is -2.12. The Labute approximate surface area is 132 Å². The molecule has 1 aromatic carbocycles. The first-order valence-corrected chi connectivity index (χ1v) is 6.60. The molecule has 2 aromatic rings. The summed E-state index contributed by atoms with van der Waals surface area (Å²) in [7, 11) is 4.53. The van der Waals surface area contributed by atoms with E-state index < -0.39 is 4.92 Å². The first kappa shape index (κ1) is 16.3. The highest BCUT2D eigenvalue weighted by molar-refractivity contribution is 5.74. The molecule has 0 aliphatic heterocycles. The third-order valence-electron chi connectivity index (χ3n) is 3.16. The number of hydrogen-bond donors (Lipinski definition) is 0. The number of nitrogens with zero attached hydrogens (tertiary/aromatic N) is 2. The van der Waals surface area contributed by atoms with Crippen LogP contribution in [0.15, 0.2) is 16.7 Å². The number of aryl methyl sites for hydroxylation is 1. The van der Waals surface area contributed by atoms with Crippen molar-refractivity contribution in [2.75, 3.05) is 21.3 Å². The van der Waals surface area contributed by atoms with Crippen LogP contribution in [0.4, 0.5) is 5.69 Å². The van der Waals surface area contributed by atoms with Gasteiger partial charge in [0.2, 0.25) is 11.5 Å². The van der Waals surface area contributed by atoms with Crippen LogP contribution < -0.4 is 14.2 Å². The van der Waals surface area contributed by atoms with Crippen LogP contribution in [0.25, 0.3) is 12.2 Å². The number of methoxy groups -OCH3 is 3. The molecule has 8 heteroatoms. The maximum atomic E-state index is 11.0. The van der Waals surface area contributed by atoms with Gasteiger partial charge in [-0.25, -0.2) is 0 Å². The van der Waals surface area contributed by atoms with E-state index in [1.165, 1.54) is 34.3 Å². The van der Waals surface area contributed by atoms with E-state index >= 15 is 0 Å². The zero-order chi connectivity index (χ0) is 17.0. The van der Waals surface area contributed by atoms with Gasteiger partial charge in [-0.15, -0.1) is 0 Å². The second-order valence-corrected chi connectivity index (χ2v) is 4.52. The monoisotopic (exact) mass is 320 g/mol. The van der Waals surface area contributed by atoms with Crippen molar-refractivity contribution >= 4 is 17.8 Å². The van der Waals surface area contributed by atoms with Gasteiger partial charge in [-0.05, 0) is 23.8 Å². The SMILES string of the molecule is COc1cc(C=Cc2noc(C)c2[N+](=O)[O-])cc(OC)c1OC. The van der Waals surface area contributed by atoms with Crippen LogP contribution in [0.3, 0.4) is 0 Å². The molecule has 1 heterocycles. The molecule has 2 rings (SSSR count). The first-order chi connectivity index (χ1) is 11.0. The average molecular weight is 320 g/mol. The largest absolute Gasteiger partial charge is 0.493 e. The zero-order valence-electron chi connectivity index (χ0n) is 13.2. The minimum absolute atomic E-state index is 0.140. The van der Waals surface area contributed by atoms with Crippen LogP contribution in [0.5, 0.6) is 17.2 Å². The van der Waals surface area contributed by atoms with E-state index in [1.54, 1.807) is 18.2 Å².